The van der Waals surface area contributed by atoms with Crippen molar-refractivity contribution < 1.29 is 13.2 Å². The summed E-state index contributed by atoms with van der Waals surface area (Å²) in [5.74, 6) is 0.0668. The molecule has 3 rings (SSSR count). The standard InChI is InChI=1S/C13H20N4O3S/c1-15-5-3-11(14-15)7-12(18)16-8-13(9-16)4-6-17(10-13)21(2,19)20/h3,5H,4,6-10H2,1-2H3. The molecular formula is C13H20N4O3S. The van der Waals surface area contributed by atoms with Gasteiger partial charge in [-0.2, -0.15) is 5.10 Å². The van der Waals surface area contributed by atoms with E-state index in [4.69, 9.17) is 0 Å². The molecule has 0 radical (unpaired) electrons. The van der Waals surface area contributed by atoms with E-state index in [-0.39, 0.29) is 11.3 Å². The Morgan fingerprint density at radius 1 is 1.38 bits per heavy atom. The molecule has 21 heavy (non-hydrogen) atoms. The number of hydrogen-bond acceptors (Lipinski definition) is 4. The summed E-state index contributed by atoms with van der Waals surface area (Å²) in [6, 6.07) is 1.84. The lowest BCUT2D eigenvalue weighted by Crippen LogP contribution is -2.60. The van der Waals surface area contributed by atoms with Gasteiger partial charge < -0.3 is 4.90 Å². The summed E-state index contributed by atoms with van der Waals surface area (Å²) in [5.41, 5.74) is 0.746. The number of sulfonamides is 1. The lowest BCUT2D eigenvalue weighted by atomic mass is 9.79. The molecule has 1 aromatic heterocycles. The van der Waals surface area contributed by atoms with Crippen LogP contribution in [0, 0.1) is 5.41 Å². The Balaban J connectivity index is 1.55. The fourth-order valence-corrected chi connectivity index (χ4v) is 4.13. The number of likely N-dealkylation sites (tertiary alicyclic amines) is 1. The second kappa shape index (κ2) is 4.81. The van der Waals surface area contributed by atoms with Gasteiger partial charge in [0.15, 0.2) is 0 Å². The molecule has 1 spiro atoms. The Morgan fingerprint density at radius 2 is 2.10 bits per heavy atom. The quantitative estimate of drug-likeness (QED) is 0.751. The number of aryl methyl sites for hydroxylation is 1. The van der Waals surface area contributed by atoms with Gasteiger partial charge in [0.1, 0.15) is 0 Å². The van der Waals surface area contributed by atoms with Crippen LogP contribution >= 0.6 is 0 Å². The van der Waals surface area contributed by atoms with Gasteiger partial charge in [0.05, 0.1) is 18.4 Å². The van der Waals surface area contributed by atoms with Gasteiger partial charge in [-0.05, 0) is 12.5 Å². The minimum absolute atomic E-state index is 0.0249. The summed E-state index contributed by atoms with van der Waals surface area (Å²) in [6.07, 6.45) is 4.22. The minimum atomic E-state index is -3.12. The third kappa shape index (κ3) is 2.82. The highest BCUT2D eigenvalue weighted by molar-refractivity contribution is 7.88. The first kappa shape index (κ1) is 14.5. The molecule has 7 nitrogen and oxygen atoms in total. The predicted octanol–water partition coefficient (Wildman–Crippen LogP) is -0.543. The number of rotatable bonds is 3. The normalized spacial score (nSPS) is 21.7. The maximum Gasteiger partial charge on any atom is 0.228 e. The number of carbonyl (C=O) groups is 1. The second-order valence-electron chi connectivity index (χ2n) is 6.25. The third-order valence-corrected chi connectivity index (χ3v) is 5.63. The van der Waals surface area contributed by atoms with Crippen molar-refractivity contribution in [2.24, 2.45) is 12.5 Å². The molecule has 0 unspecified atom stereocenters. The average Bonchev–Trinajstić information content (AvgIpc) is 2.92. The van der Waals surface area contributed by atoms with Crippen molar-refractivity contribution in [1.82, 2.24) is 19.0 Å². The predicted molar refractivity (Wildman–Crippen MR) is 77.0 cm³/mol. The van der Waals surface area contributed by atoms with E-state index in [2.05, 4.69) is 5.10 Å². The molecule has 0 N–H and O–H groups in total. The molecule has 2 aliphatic heterocycles. The number of carbonyl (C=O) groups excluding carboxylic acids is 1. The van der Waals surface area contributed by atoms with E-state index < -0.39 is 10.0 Å². The molecule has 0 bridgehead atoms. The molecule has 2 fully saturated rings. The summed E-state index contributed by atoms with van der Waals surface area (Å²) in [4.78, 5) is 14.0. The third-order valence-electron chi connectivity index (χ3n) is 4.38. The summed E-state index contributed by atoms with van der Waals surface area (Å²) in [6.45, 7) is 2.43. The van der Waals surface area contributed by atoms with Crippen LogP contribution < -0.4 is 0 Å². The van der Waals surface area contributed by atoms with Crippen molar-refractivity contribution in [2.45, 2.75) is 12.8 Å². The summed E-state index contributed by atoms with van der Waals surface area (Å²) in [5, 5.41) is 4.21. The van der Waals surface area contributed by atoms with Crippen LogP contribution in [0.2, 0.25) is 0 Å². The molecular weight excluding hydrogens is 292 g/mol. The molecule has 2 aliphatic rings. The van der Waals surface area contributed by atoms with Gasteiger partial charge >= 0.3 is 0 Å². The van der Waals surface area contributed by atoms with Crippen LogP contribution in [-0.4, -0.2) is 65.7 Å². The van der Waals surface area contributed by atoms with Crippen molar-refractivity contribution >= 4 is 15.9 Å². The number of nitrogens with zero attached hydrogens (tertiary/aromatic N) is 4. The number of hydrogen-bond donors (Lipinski definition) is 0. The lowest BCUT2D eigenvalue weighted by Gasteiger charge is -2.48. The van der Waals surface area contributed by atoms with Crippen molar-refractivity contribution in [1.29, 1.82) is 0 Å². The van der Waals surface area contributed by atoms with E-state index in [9.17, 15) is 13.2 Å². The molecule has 1 aromatic rings. The van der Waals surface area contributed by atoms with E-state index in [1.807, 2.05) is 19.3 Å². The maximum absolute atomic E-state index is 12.2. The SMILES string of the molecule is Cn1ccc(CC(=O)N2CC3(CCN(S(C)(=O)=O)C3)C2)n1. The average molecular weight is 312 g/mol. The molecule has 0 atom stereocenters. The fraction of sp³-hybridized carbons (Fsp3) is 0.692. The minimum Gasteiger partial charge on any atom is -0.341 e. The lowest BCUT2D eigenvalue weighted by molar-refractivity contribution is -0.141. The zero-order valence-corrected chi connectivity index (χ0v) is 13.1. The first-order valence-corrected chi connectivity index (χ1v) is 8.84. The molecule has 0 aromatic carbocycles. The molecule has 8 heteroatoms. The molecule has 0 saturated carbocycles. The van der Waals surface area contributed by atoms with E-state index in [1.54, 1.807) is 9.58 Å². The molecule has 116 valence electrons. The Hall–Kier alpha value is -1.41. The molecule has 0 aliphatic carbocycles. The number of aromatic nitrogens is 2. The largest absolute Gasteiger partial charge is 0.341 e. The van der Waals surface area contributed by atoms with Crippen LogP contribution in [0.5, 0.6) is 0 Å². The van der Waals surface area contributed by atoms with Gasteiger partial charge in [-0.3, -0.25) is 9.48 Å². The van der Waals surface area contributed by atoms with Crippen LogP contribution in [0.1, 0.15) is 12.1 Å². The van der Waals surface area contributed by atoms with Gasteiger partial charge in [0, 0.05) is 44.8 Å². The topological polar surface area (TPSA) is 75.5 Å². The Bertz CT molecular complexity index is 661. The van der Waals surface area contributed by atoms with E-state index >= 15 is 0 Å². The maximum atomic E-state index is 12.2. The first-order chi connectivity index (χ1) is 9.77. The van der Waals surface area contributed by atoms with Crippen molar-refractivity contribution in [3.05, 3.63) is 18.0 Å². The van der Waals surface area contributed by atoms with Gasteiger partial charge in [-0.15, -0.1) is 0 Å². The highest BCUT2D eigenvalue weighted by atomic mass is 32.2. The van der Waals surface area contributed by atoms with Gasteiger partial charge in [-0.25, -0.2) is 12.7 Å². The summed E-state index contributed by atoms with van der Waals surface area (Å²) < 4.78 is 26.3. The smallest absolute Gasteiger partial charge is 0.228 e. The van der Waals surface area contributed by atoms with E-state index in [1.165, 1.54) is 10.6 Å². The van der Waals surface area contributed by atoms with Gasteiger partial charge in [0.2, 0.25) is 15.9 Å². The van der Waals surface area contributed by atoms with Gasteiger partial charge in [-0.1, -0.05) is 0 Å². The van der Waals surface area contributed by atoms with Gasteiger partial charge in [0.25, 0.3) is 0 Å². The van der Waals surface area contributed by atoms with Crippen molar-refractivity contribution in [3.63, 3.8) is 0 Å². The zero-order valence-electron chi connectivity index (χ0n) is 12.3. The fourth-order valence-electron chi connectivity index (χ4n) is 3.20. The Morgan fingerprint density at radius 3 is 2.62 bits per heavy atom. The van der Waals surface area contributed by atoms with Crippen LogP contribution in [0.3, 0.4) is 0 Å². The summed E-state index contributed by atoms with van der Waals surface area (Å²) >= 11 is 0. The Labute approximate surface area is 124 Å². The highest BCUT2D eigenvalue weighted by Crippen LogP contribution is 2.40. The van der Waals surface area contributed by atoms with Crippen molar-refractivity contribution in [2.75, 3.05) is 32.4 Å². The van der Waals surface area contributed by atoms with Crippen LogP contribution in [-0.2, 0) is 28.3 Å². The second-order valence-corrected chi connectivity index (χ2v) is 8.24. The van der Waals surface area contributed by atoms with Crippen molar-refractivity contribution in [3.8, 4) is 0 Å². The van der Waals surface area contributed by atoms with Crippen LogP contribution in [0.4, 0.5) is 0 Å². The highest BCUT2D eigenvalue weighted by Gasteiger charge is 2.50. The van der Waals surface area contributed by atoms with E-state index in [0.717, 1.165) is 12.1 Å². The molecule has 3 heterocycles. The zero-order chi connectivity index (χ0) is 15.3. The molecule has 1 amide bonds. The first-order valence-electron chi connectivity index (χ1n) is 6.99. The Kier molecular flexibility index (Phi) is 3.32. The van der Waals surface area contributed by atoms with E-state index in [0.29, 0.717) is 32.6 Å². The number of amides is 1. The van der Waals surface area contributed by atoms with Crippen LogP contribution in [0.15, 0.2) is 12.3 Å². The summed E-state index contributed by atoms with van der Waals surface area (Å²) in [7, 11) is -1.29. The monoisotopic (exact) mass is 312 g/mol. The van der Waals surface area contributed by atoms with Crippen LogP contribution in [0.25, 0.3) is 0 Å². The molecule has 2 saturated heterocycles.